The van der Waals surface area contributed by atoms with Gasteiger partial charge in [-0.15, -0.1) is 0 Å². The third-order valence-electron chi connectivity index (χ3n) is 0.743. The molecular weight excluding hydrogens is 72.1 g/mol. The molecule has 0 aliphatic rings. The summed E-state index contributed by atoms with van der Waals surface area (Å²) >= 11 is 0. The van der Waals surface area contributed by atoms with Gasteiger partial charge in [0, 0.05) is 2.74 Å². The zero-order chi connectivity index (χ0) is 6.41. The van der Waals surface area contributed by atoms with Crippen LogP contribution in [0.1, 0.15) is 29.9 Å². The predicted molar refractivity (Wildman–Crippen MR) is 29.7 cm³/mol. The molecule has 0 aliphatic heterocycles. The van der Waals surface area contributed by atoms with Crippen molar-refractivity contribution in [3.63, 3.8) is 0 Å². The van der Waals surface area contributed by atoms with Crippen molar-refractivity contribution in [1.82, 2.24) is 0 Å². The third kappa shape index (κ3) is 2.01. The van der Waals surface area contributed by atoms with Crippen molar-refractivity contribution in [2.75, 3.05) is 0 Å². The first-order chi connectivity index (χ1) is 3.81. The van der Waals surface area contributed by atoms with E-state index >= 15 is 0 Å². The van der Waals surface area contributed by atoms with Crippen LogP contribution in [0.2, 0.25) is 0 Å². The van der Waals surface area contributed by atoms with Crippen molar-refractivity contribution in [2.24, 2.45) is 0 Å². The summed E-state index contributed by atoms with van der Waals surface area (Å²) in [6, 6.07) is 0. The van der Waals surface area contributed by atoms with E-state index in [4.69, 9.17) is 2.74 Å². The summed E-state index contributed by atoms with van der Waals surface area (Å²) in [6.45, 7) is 2.76. The molecular formula is C6H12. The van der Waals surface area contributed by atoms with Gasteiger partial charge in [0.15, 0.2) is 0 Å². The molecule has 0 fully saturated rings. The number of hydrogen-bond donors (Lipinski definition) is 0. The van der Waals surface area contributed by atoms with Crippen molar-refractivity contribution >= 4 is 0 Å². The Morgan fingerprint density at radius 2 is 2.83 bits per heavy atom. The first-order valence-corrected chi connectivity index (χ1v) is 2.05. The molecule has 0 aromatic carbocycles. The average Bonchev–Trinajstić information content (AvgIpc) is 1.68. The van der Waals surface area contributed by atoms with E-state index in [2.05, 4.69) is 0 Å². The summed E-state index contributed by atoms with van der Waals surface area (Å²) in [6.07, 6.45) is 2.66. The van der Waals surface area contributed by atoms with Crippen LogP contribution in [0.25, 0.3) is 0 Å². The zero-order valence-corrected chi connectivity index (χ0v) is 4.20. The molecule has 0 heterocycles. The van der Waals surface area contributed by atoms with Gasteiger partial charge in [-0.1, -0.05) is 18.5 Å². The van der Waals surface area contributed by atoms with Crippen LogP contribution in [-0.2, 0) is 0 Å². The maximum Gasteiger partial charge on any atom is 0.0273 e. The summed E-state index contributed by atoms with van der Waals surface area (Å²) in [5, 5.41) is 0. The molecule has 0 bridgehead atoms. The lowest BCUT2D eigenvalue weighted by molar-refractivity contribution is 1.09. The van der Waals surface area contributed by atoms with Crippen LogP contribution in [0.3, 0.4) is 0 Å². The van der Waals surface area contributed by atoms with Crippen LogP contribution >= 0.6 is 0 Å². The molecule has 0 radical (unpaired) electrons. The molecule has 0 heteroatoms. The van der Waals surface area contributed by atoms with Gasteiger partial charge >= 0.3 is 0 Å². The number of allylic oxidation sites excluding steroid dienone is 2. The normalized spacial score (nSPS) is 16.5. The molecule has 0 rings (SSSR count). The van der Waals surface area contributed by atoms with Crippen LogP contribution in [0.4, 0.5) is 0 Å². The monoisotopic (exact) mass is 86.1 g/mol. The van der Waals surface area contributed by atoms with Crippen LogP contribution < -0.4 is 0 Å². The van der Waals surface area contributed by atoms with E-state index in [-0.39, 0.29) is 0 Å². The van der Waals surface area contributed by atoms with Crippen molar-refractivity contribution in [2.45, 2.75) is 27.1 Å². The average molecular weight is 86.2 g/mol. The second-order valence-electron chi connectivity index (χ2n) is 1.30. The highest BCUT2D eigenvalue weighted by Crippen LogP contribution is 1.94. The topological polar surface area (TPSA) is 0 Å². The Hall–Kier alpha value is -0.260. The van der Waals surface area contributed by atoms with E-state index in [1.165, 1.54) is 0 Å². The minimum atomic E-state index is 0.353. The Morgan fingerprint density at radius 3 is 3.33 bits per heavy atom. The van der Waals surface area contributed by atoms with Gasteiger partial charge in [-0.25, -0.2) is 0 Å². The summed E-state index contributed by atoms with van der Waals surface area (Å²) in [5.41, 5.74) is 1.16. The SMILES string of the molecule is [2H]C/C=C(\C)CC[2H]. The van der Waals surface area contributed by atoms with Crippen LogP contribution in [0.5, 0.6) is 0 Å². The molecule has 0 unspecified atom stereocenters. The fraction of sp³-hybridized carbons (Fsp3) is 0.667. The molecule has 0 amide bonds. The highest BCUT2D eigenvalue weighted by molar-refractivity contribution is 4.93. The smallest absolute Gasteiger partial charge is 0.0273 e. The zero-order valence-electron chi connectivity index (χ0n) is 6.20. The molecule has 0 nitrogen and oxygen atoms in total. The van der Waals surface area contributed by atoms with Crippen molar-refractivity contribution < 1.29 is 2.74 Å². The molecule has 0 spiro atoms. The molecule has 0 saturated heterocycles. The van der Waals surface area contributed by atoms with Crippen molar-refractivity contribution in [3.05, 3.63) is 11.6 Å². The van der Waals surface area contributed by atoms with Gasteiger partial charge in [0.1, 0.15) is 0 Å². The Morgan fingerprint density at radius 1 is 2.00 bits per heavy atom. The lowest BCUT2D eigenvalue weighted by Crippen LogP contribution is -1.63. The second kappa shape index (κ2) is 2.95. The Balaban J connectivity index is 3.29. The molecule has 0 aliphatic carbocycles. The minimum Gasteiger partial charge on any atom is -0.0887 e. The molecule has 0 saturated carbocycles. The van der Waals surface area contributed by atoms with Gasteiger partial charge in [-0.2, -0.15) is 0 Å². The molecule has 0 atom stereocenters. The first kappa shape index (κ1) is 2.84. The van der Waals surface area contributed by atoms with Crippen molar-refractivity contribution in [3.8, 4) is 0 Å². The van der Waals surface area contributed by atoms with E-state index in [1.54, 1.807) is 0 Å². The van der Waals surface area contributed by atoms with E-state index in [9.17, 15) is 0 Å². The molecule has 0 N–H and O–H groups in total. The van der Waals surface area contributed by atoms with Crippen molar-refractivity contribution in [1.29, 1.82) is 0 Å². The maximum atomic E-state index is 6.81. The van der Waals surface area contributed by atoms with Gasteiger partial charge in [-0.05, 0) is 20.2 Å². The van der Waals surface area contributed by atoms with E-state index in [0.717, 1.165) is 12.0 Å². The minimum absolute atomic E-state index is 0.353. The quantitative estimate of drug-likeness (QED) is 0.430. The summed E-state index contributed by atoms with van der Waals surface area (Å²) in [5.74, 6) is 0. The van der Waals surface area contributed by atoms with Gasteiger partial charge in [0.2, 0.25) is 0 Å². The van der Waals surface area contributed by atoms with Gasteiger partial charge in [0.25, 0.3) is 0 Å². The molecule has 0 aromatic heterocycles. The Bertz CT molecular complexity index is 76.6. The fourth-order valence-electron chi connectivity index (χ4n) is 0.102. The third-order valence-corrected chi connectivity index (χ3v) is 0.743. The molecule has 0 aromatic rings. The van der Waals surface area contributed by atoms with Gasteiger partial charge < -0.3 is 0 Å². The van der Waals surface area contributed by atoms with Gasteiger partial charge in [-0.3, -0.25) is 0 Å². The summed E-state index contributed by atoms with van der Waals surface area (Å²) < 4.78 is 13.6. The van der Waals surface area contributed by atoms with E-state index < -0.39 is 0 Å². The van der Waals surface area contributed by atoms with Crippen LogP contribution in [0, 0.1) is 0 Å². The fourth-order valence-corrected chi connectivity index (χ4v) is 0.102. The van der Waals surface area contributed by atoms with Crippen LogP contribution in [-0.4, -0.2) is 0 Å². The number of hydrogen-bond acceptors (Lipinski definition) is 0. The lowest BCUT2D eigenvalue weighted by atomic mass is 10.2. The summed E-state index contributed by atoms with van der Waals surface area (Å²) in [4.78, 5) is 0. The molecule has 6 heavy (non-hydrogen) atoms. The first-order valence-electron chi connectivity index (χ1n) is 3.46. The molecule has 36 valence electrons. The standard InChI is InChI=1S/C6H12/c1-4-6(3)5-2/h4H,5H2,1-3H3/b6-4+/i1D,2D. The Kier molecular flexibility index (Phi) is 1.40. The second-order valence-corrected chi connectivity index (χ2v) is 1.30. The van der Waals surface area contributed by atoms with E-state index in [0.29, 0.717) is 13.8 Å². The maximum absolute atomic E-state index is 6.81. The van der Waals surface area contributed by atoms with Gasteiger partial charge in [0.05, 0.1) is 0 Å². The predicted octanol–water partition coefficient (Wildman–Crippen LogP) is 2.36. The lowest BCUT2D eigenvalue weighted by Gasteiger charge is -1.85. The van der Waals surface area contributed by atoms with Crippen LogP contribution in [0.15, 0.2) is 11.6 Å². The highest BCUT2D eigenvalue weighted by Gasteiger charge is 1.73. The highest BCUT2D eigenvalue weighted by atomic mass is 13.8. The summed E-state index contributed by atoms with van der Waals surface area (Å²) in [7, 11) is 0. The number of rotatable bonds is 1. The Labute approximate surface area is 42.7 Å². The van der Waals surface area contributed by atoms with E-state index in [1.807, 2.05) is 13.0 Å². The largest absolute Gasteiger partial charge is 0.0887 e.